The van der Waals surface area contributed by atoms with Gasteiger partial charge in [0.05, 0.1) is 11.6 Å². The van der Waals surface area contributed by atoms with Crippen LogP contribution >= 0.6 is 0 Å². The minimum Gasteiger partial charge on any atom is -0.348 e. The normalized spacial score (nSPS) is 16.5. The van der Waals surface area contributed by atoms with Crippen LogP contribution < -0.4 is 5.32 Å². The van der Waals surface area contributed by atoms with Gasteiger partial charge in [-0.15, -0.1) is 0 Å². The van der Waals surface area contributed by atoms with Gasteiger partial charge in [0.1, 0.15) is 11.4 Å². The van der Waals surface area contributed by atoms with Crippen LogP contribution in [0.3, 0.4) is 0 Å². The fourth-order valence-corrected chi connectivity index (χ4v) is 4.15. The van der Waals surface area contributed by atoms with Crippen molar-refractivity contribution in [3.63, 3.8) is 0 Å². The zero-order chi connectivity index (χ0) is 17.3. The molecule has 2 aromatic rings. The molecule has 7 heteroatoms. The van der Waals surface area contributed by atoms with E-state index >= 15 is 0 Å². The summed E-state index contributed by atoms with van der Waals surface area (Å²) in [4.78, 5) is 24.4. The van der Waals surface area contributed by atoms with Crippen molar-refractivity contribution in [2.24, 2.45) is 0 Å². The Balaban J connectivity index is 1.75. The van der Waals surface area contributed by atoms with E-state index in [9.17, 15) is 18.0 Å². The Morgan fingerprint density at radius 1 is 1.08 bits per heavy atom. The number of amides is 2. The van der Waals surface area contributed by atoms with Crippen molar-refractivity contribution in [3.8, 4) is 0 Å². The van der Waals surface area contributed by atoms with E-state index in [1.165, 1.54) is 12.1 Å². The van der Waals surface area contributed by atoms with E-state index in [1.807, 2.05) is 30.3 Å². The molecule has 2 amide bonds. The predicted molar refractivity (Wildman–Crippen MR) is 87.7 cm³/mol. The number of hydrogen-bond donors (Lipinski definition) is 1. The van der Waals surface area contributed by atoms with E-state index in [2.05, 4.69) is 5.32 Å². The van der Waals surface area contributed by atoms with E-state index in [0.717, 1.165) is 5.56 Å². The largest absolute Gasteiger partial charge is 0.348 e. The second kappa shape index (κ2) is 6.09. The van der Waals surface area contributed by atoms with Crippen molar-refractivity contribution in [2.75, 3.05) is 6.54 Å². The van der Waals surface area contributed by atoms with E-state index < -0.39 is 28.4 Å². The highest BCUT2D eigenvalue weighted by Gasteiger charge is 2.41. The van der Waals surface area contributed by atoms with Gasteiger partial charge in [-0.1, -0.05) is 42.5 Å². The highest BCUT2D eigenvalue weighted by Crippen LogP contribution is 2.29. The first-order valence-electron chi connectivity index (χ1n) is 7.41. The number of benzene rings is 2. The molecule has 0 spiro atoms. The molecule has 3 rings (SSSR count). The summed E-state index contributed by atoms with van der Waals surface area (Å²) < 4.78 is 25.4. The average Bonchev–Trinajstić information content (AvgIpc) is 2.77. The molecule has 1 N–H and O–H groups in total. The molecule has 6 nitrogen and oxygen atoms in total. The van der Waals surface area contributed by atoms with E-state index in [0.29, 0.717) is 4.31 Å². The van der Waals surface area contributed by atoms with Gasteiger partial charge in [-0.2, -0.15) is 0 Å². The molecule has 124 valence electrons. The molecule has 1 aliphatic heterocycles. The van der Waals surface area contributed by atoms with Gasteiger partial charge in [-0.05, 0) is 24.6 Å². The number of carbonyl (C=O) groups excluding carboxylic acids is 2. The standard InChI is InChI=1S/C17H16N2O4S/c1-12(13-7-3-2-4-8-13)18-16(20)11-19-17(21)14-9-5-6-10-15(14)24(19,22)23/h2-10,12H,11H2,1H3,(H,18,20)/t12-/m1/s1. The third-order valence-corrected chi connectivity index (χ3v) is 5.66. The van der Waals surface area contributed by atoms with Crippen LogP contribution in [0, 0.1) is 0 Å². The average molecular weight is 344 g/mol. The Labute approximate surface area is 140 Å². The molecule has 2 aromatic carbocycles. The lowest BCUT2D eigenvalue weighted by Crippen LogP contribution is -2.41. The van der Waals surface area contributed by atoms with Crippen LogP contribution in [0.1, 0.15) is 28.9 Å². The molecule has 1 heterocycles. The monoisotopic (exact) mass is 344 g/mol. The topological polar surface area (TPSA) is 83.6 Å². The Morgan fingerprint density at radius 2 is 1.71 bits per heavy atom. The highest BCUT2D eigenvalue weighted by atomic mass is 32.2. The SMILES string of the molecule is C[C@@H](NC(=O)CN1C(=O)c2ccccc2S1(=O)=O)c1ccccc1. The summed E-state index contributed by atoms with van der Waals surface area (Å²) in [5.74, 6) is -1.20. The molecule has 0 fully saturated rings. The van der Waals surface area contributed by atoms with Crippen molar-refractivity contribution < 1.29 is 18.0 Å². The van der Waals surface area contributed by atoms with Crippen LogP contribution in [0.5, 0.6) is 0 Å². The molecule has 1 aliphatic rings. The zero-order valence-electron chi connectivity index (χ0n) is 13.0. The van der Waals surface area contributed by atoms with Crippen LogP contribution in [-0.2, 0) is 14.8 Å². The quantitative estimate of drug-likeness (QED) is 0.915. The minimum absolute atomic E-state index is 0.0566. The summed E-state index contributed by atoms with van der Waals surface area (Å²) in [6.45, 7) is 1.26. The lowest BCUT2D eigenvalue weighted by molar-refractivity contribution is -0.121. The summed E-state index contributed by atoms with van der Waals surface area (Å²) >= 11 is 0. The molecule has 0 radical (unpaired) electrons. The van der Waals surface area contributed by atoms with Gasteiger partial charge in [-0.25, -0.2) is 12.7 Å². The summed E-state index contributed by atoms with van der Waals surface area (Å²) in [6, 6.07) is 14.9. The molecular weight excluding hydrogens is 328 g/mol. The van der Waals surface area contributed by atoms with E-state index in [4.69, 9.17) is 0 Å². The van der Waals surface area contributed by atoms with Crippen LogP contribution in [0.4, 0.5) is 0 Å². The lowest BCUT2D eigenvalue weighted by Gasteiger charge is -2.18. The number of sulfonamides is 1. The van der Waals surface area contributed by atoms with Crippen molar-refractivity contribution >= 4 is 21.8 Å². The van der Waals surface area contributed by atoms with Crippen molar-refractivity contribution in [2.45, 2.75) is 17.9 Å². The van der Waals surface area contributed by atoms with Crippen molar-refractivity contribution in [1.82, 2.24) is 9.62 Å². The summed E-state index contributed by atoms with van der Waals surface area (Å²) in [7, 11) is -3.97. The molecule has 0 bridgehead atoms. The molecule has 0 aromatic heterocycles. The first kappa shape index (κ1) is 16.2. The van der Waals surface area contributed by atoms with Crippen LogP contribution in [0.25, 0.3) is 0 Å². The number of hydrogen-bond acceptors (Lipinski definition) is 4. The van der Waals surface area contributed by atoms with E-state index in [-0.39, 0.29) is 16.5 Å². The molecule has 0 saturated heterocycles. The Morgan fingerprint density at radius 3 is 2.38 bits per heavy atom. The second-order valence-electron chi connectivity index (χ2n) is 5.51. The van der Waals surface area contributed by atoms with Crippen LogP contribution in [0.15, 0.2) is 59.5 Å². The van der Waals surface area contributed by atoms with Gasteiger partial charge in [0.25, 0.3) is 15.9 Å². The third kappa shape index (κ3) is 2.78. The predicted octanol–water partition coefficient (Wildman–Crippen LogP) is 1.71. The number of nitrogens with zero attached hydrogens (tertiary/aromatic N) is 1. The summed E-state index contributed by atoms with van der Waals surface area (Å²) in [5.41, 5.74) is 0.992. The molecule has 0 saturated carbocycles. The first-order valence-corrected chi connectivity index (χ1v) is 8.85. The highest BCUT2D eigenvalue weighted by molar-refractivity contribution is 7.90. The van der Waals surface area contributed by atoms with Gasteiger partial charge >= 0.3 is 0 Å². The fraction of sp³-hybridized carbons (Fsp3) is 0.176. The Bertz CT molecular complexity index is 894. The molecule has 0 aliphatic carbocycles. The van der Waals surface area contributed by atoms with Gasteiger partial charge in [0.2, 0.25) is 5.91 Å². The number of nitrogens with one attached hydrogen (secondary N) is 1. The van der Waals surface area contributed by atoms with Gasteiger partial charge in [0.15, 0.2) is 0 Å². The maximum Gasteiger partial charge on any atom is 0.269 e. The Hall–Kier alpha value is -2.67. The maximum absolute atomic E-state index is 12.4. The summed E-state index contributed by atoms with van der Waals surface area (Å²) in [5, 5.41) is 2.71. The number of rotatable bonds is 4. The minimum atomic E-state index is -3.97. The molecule has 24 heavy (non-hydrogen) atoms. The van der Waals surface area contributed by atoms with Gasteiger partial charge < -0.3 is 5.32 Å². The lowest BCUT2D eigenvalue weighted by atomic mass is 10.1. The van der Waals surface area contributed by atoms with Crippen molar-refractivity contribution in [3.05, 3.63) is 65.7 Å². The third-order valence-electron chi connectivity index (χ3n) is 3.88. The zero-order valence-corrected chi connectivity index (χ0v) is 13.8. The Kier molecular flexibility index (Phi) is 4.11. The van der Waals surface area contributed by atoms with E-state index in [1.54, 1.807) is 19.1 Å². The first-order chi connectivity index (χ1) is 11.4. The smallest absolute Gasteiger partial charge is 0.269 e. The maximum atomic E-state index is 12.4. The van der Waals surface area contributed by atoms with Crippen LogP contribution in [-0.4, -0.2) is 31.1 Å². The van der Waals surface area contributed by atoms with Gasteiger partial charge in [0, 0.05) is 0 Å². The van der Waals surface area contributed by atoms with Gasteiger partial charge in [-0.3, -0.25) is 9.59 Å². The van der Waals surface area contributed by atoms with Crippen LogP contribution in [0.2, 0.25) is 0 Å². The molecular formula is C17H16N2O4S. The number of carbonyl (C=O) groups is 2. The fourth-order valence-electron chi connectivity index (χ4n) is 2.63. The number of fused-ring (bicyclic) bond motifs is 1. The molecule has 1 atom stereocenters. The molecule has 0 unspecified atom stereocenters. The second-order valence-corrected chi connectivity index (χ2v) is 7.34. The van der Waals surface area contributed by atoms with Crippen molar-refractivity contribution in [1.29, 1.82) is 0 Å². The summed E-state index contributed by atoms with van der Waals surface area (Å²) in [6.07, 6.45) is 0.